The number of halogens is 5. The number of hydrogen-bond acceptors (Lipinski definition) is 4. The van der Waals surface area contributed by atoms with Gasteiger partial charge in [-0.2, -0.15) is 0 Å². The summed E-state index contributed by atoms with van der Waals surface area (Å²) in [7, 11) is 0. The molecule has 0 bridgehead atoms. The molecule has 0 spiro atoms. The van der Waals surface area contributed by atoms with Gasteiger partial charge in [0, 0.05) is 12.1 Å². The fourth-order valence-electron chi connectivity index (χ4n) is 4.21. The highest BCUT2D eigenvalue weighted by Gasteiger charge is 2.39. The van der Waals surface area contributed by atoms with Gasteiger partial charge in [-0.15, -0.1) is 13.2 Å². The van der Waals surface area contributed by atoms with Crippen LogP contribution in [-0.2, 0) is 9.53 Å². The van der Waals surface area contributed by atoms with Crippen molar-refractivity contribution in [1.29, 1.82) is 0 Å². The molecule has 0 N–H and O–H groups in total. The van der Waals surface area contributed by atoms with E-state index in [0.29, 0.717) is 16.7 Å². The summed E-state index contributed by atoms with van der Waals surface area (Å²) >= 11 is 0. The van der Waals surface area contributed by atoms with Crippen LogP contribution in [0.3, 0.4) is 0 Å². The van der Waals surface area contributed by atoms with Gasteiger partial charge in [-0.3, -0.25) is 9.79 Å². The average Bonchev–Trinajstić information content (AvgIpc) is 3.27. The maximum atomic E-state index is 14.5. The number of aliphatic imine (C=N–C) groups is 1. The minimum Gasteiger partial charge on any atom is -0.465 e. The normalized spacial score (nSPS) is 17.7. The van der Waals surface area contributed by atoms with Crippen LogP contribution in [0, 0.1) is 23.0 Å². The number of benzene rings is 3. The Balaban J connectivity index is 1.62. The van der Waals surface area contributed by atoms with E-state index in [2.05, 4.69) is 9.73 Å². The van der Waals surface area contributed by atoms with Crippen molar-refractivity contribution in [3.63, 3.8) is 0 Å². The average molecular weight is 532 g/mol. The highest BCUT2D eigenvalue weighted by Crippen LogP contribution is 2.39. The summed E-state index contributed by atoms with van der Waals surface area (Å²) in [5, 5.41) is 0. The molecule has 1 aliphatic rings. The summed E-state index contributed by atoms with van der Waals surface area (Å²) in [6.07, 6.45) is -4.77. The van der Waals surface area contributed by atoms with Gasteiger partial charge < -0.3 is 9.47 Å². The monoisotopic (exact) mass is 531 g/mol. The van der Waals surface area contributed by atoms with Crippen LogP contribution in [0.5, 0.6) is 5.75 Å². The van der Waals surface area contributed by atoms with Crippen molar-refractivity contribution in [2.45, 2.75) is 39.6 Å². The predicted octanol–water partition coefficient (Wildman–Crippen LogP) is 7.67. The van der Waals surface area contributed by atoms with E-state index >= 15 is 0 Å². The maximum Gasteiger partial charge on any atom is 0.573 e. The molecule has 0 fully saturated rings. The van der Waals surface area contributed by atoms with Gasteiger partial charge in [0.25, 0.3) is 0 Å². The first-order valence-corrected chi connectivity index (χ1v) is 11.9. The van der Waals surface area contributed by atoms with Gasteiger partial charge >= 0.3 is 12.3 Å². The Hall–Kier alpha value is -3.75. The van der Waals surface area contributed by atoms with Crippen molar-refractivity contribution in [3.05, 3.63) is 89.5 Å². The first-order chi connectivity index (χ1) is 17.8. The lowest BCUT2D eigenvalue weighted by Gasteiger charge is -2.22. The van der Waals surface area contributed by atoms with Crippen LogP contribution < -0.4 is 4.74 Å². The van der Waals surface area contributed by atoms with E-state index in [1.54, 1.807) is 24.3 Å². The van der Waals surface area contributed by atoms with Crippen LogP contribution in [0.1, 0.15) is 44.4 Å². The van der Waals surface area contributed by atoms with Gasteiger partial charge in [-0.25, -0.2) is 8.78 Å². The molecular formula is C29H26F5NO3. The van der Waals surface area contributed by atoms with Crippen LogP contribution in [0.2, 0.25) is 0 Å². The standard InChI is InChI=1S/C29H26F5NO3/c1-28(2,3)16-37-27(36)21-15-24(25-22(30)5-4-6-23(25)31)35-26(21)19-9-7-17(8-10-19)18-11-13-20(14-12-18)38-29(32,33)34/h4-14,21,26H,15-16H2,1-3H3/t21-,26-/m0/s1. The van der Waals surface area contributed by atoms with E-state index in [-0.39, 0.29) is 35.5 Å². The molecular weight excluding hydrogens is 505 g/mol. The Morgan fingerprint density at radius 2 is 1.45 bits per heavy atom. The number of ether oxygens (including phenoxy) is 2. The Bertz CT molecular complexity index is 1310. The zero-order chi connectivity index (χ0) is 27.7. The highest BCUT2D eigenvalue weighted by molar-refractivity contribution is 6.04. The number of carbonyl (C=O) groups excluding carboxylic acids is 1. The highest BCUT2D eigenvalue weighted by atomic mass is 19.4. The first kappa shape index (κ1) is 27.3. The second-order valence-corrected chi connectivity index (χ2v) is 10.3. The van der Waals surface area contributed by atoms with E-state index in [0.717, 1.165) is 12.1 Å². The van der Waals surface area contributed by atoms with Gasteiger partial charge in [-0.05, 0) is 46.4 Å². The van der Waals surface area contributed by atoms with Gasteiger partial charge in [-0.1, -0.05) is 63.2 Å². The molecule has 1 heterocycles. The van der Waals surface area contributed by atoms with Crippen LogP contribution >= 0.6 is 0 Å². The van der Waals surface area contributed by atoms with Crippen LogP contribution in [0.25, 0.3) is 11.1 Å². The molecule has 4 rings (SSSR count). The van der Waals surface area contributed by atoms with Crippen molar-refractivity contribution < 1.29 is 36.2 Å². The molecule has 0 aliphatic carbocycles. The molecule has 2 atom stereocenters. The minimum atomic E-state index is -4.78. The van der Waals surface area contributed by atoms with Crippen LogP contribution in [-0.4, -0.2) is 24.7 Å². The van der Waals surface area contributed by atoms with E-state index < -0.39 is 35.9 Å². The number of hydrogen-bond donors (Lipinski definition) is 0. The number of esters is 1. The summed E-state index contributed by atoms with van der Waals surface area (Å²) in [5.74, 6) is -3.15. The lowest BCUT2D eigenvalue weighted by molar-refractivity contribution is -0.274. The van der Waals surface area contributed by atoms with Crippen molar-refractivity contribution in [1.82, 2.24) is 0 Å². The van der Waals surface area contributed by atoms with Crippen LogP contribution in [0.15, 0.2) is 71.7 Å². The van der Waals surface area contributed by atoms with Crippen LogP contribution in [0.4, 0.5) is 22.0 Å². The lowest BCUT2D eigenvalue weighted by Crippen LogP contribution is -2.26. The van der Waals surface area contributed by atoms with E-state index in [9.17, 15) is 26.7 Å². The zero-order valence-electron chi connectivity index (χ0n) is 21.0. The fourth-order valence-corrected chi connectivity index (χ4v) is 4.21. The molecule has 9 heteroatoms. The molecule has 0 unspecified atom stereocenters. The molecule has 0 saturated heterocycles. The first-order valence-electron chi connectivity index (χ1n) is 11.9. The molecule has 38 heavy (non-hydrogen) atoms. The summed E-state index contributed by atoms with van der Waals surface area (Å²) in [6, 6.07) is 15.2. The topological polar surface area (TPSA) is 47.9 Å². The lowest BCUT2D eigenvalue weighted by atomic mass is 9.90. The molecule has 3 aromatic rings. The molecule has 0 radical (unpaired) electrons. The third-order valence-corrected chi connectivity index (χ3v) is 5.96. The number of nitrogens with zero attached hydrogens (tertiary/aromatic N) is 1. The fraction of sp³-hybridized carbons (Fsp3) is 0.310. The van der Waals surface area contributed by atoms with Gasteiger partial charge in [0.15, 0.2) is 0 Å². The van der Waals surface area contributed by atoms with E-state index in [1.165, 1.54) is 30.3 Å². The predicted molar refractivity (Wildman–Crippen MR) is 133 cm³/mol. The molecule has 200 valence electrons. The summed E-state index contributed by atoms with van der Waals surface area (Å²) in [5.41, 5.74) is 1.61. The Morgan fingerprint density at radius 1 is 0.895 bits per heavy atom. The van der Waals surface area contributed by atoms with Gasteiger partial charge in [0.05, 0.1) is 24.1 Å². The van der Waals surface area contributed by atoms with Gasteiger partial charge in [0.2, 0.25) is 0 Å². The van der Waals surface area contributed by atoms with Crippen molar-refractivity contribution in [2.75, 3.05) is 6.61 Å². The second-order valence-electron chi connectivity index (χ2n) is 10.3. The molecule has 0 saturated carbocycles. The van der Waals surface area contributed by atoms with E-state index in [1.807, 2.05) is 20.8 Å². The third-order valence-electron chi connectivity index (χ3n) is 5.96. The van der Waals surface area contributed by atoms with Gasteiger partial charge in [0.1, 0.15) is 17.4 Å². The SMILES string of the molecule is CC(C)(C)COC(=O)[C@H]1CC(c2c(F)cccc2F)=N[C@H]1c1ccc(-c2ccc(OC(F)(F)F)cc2)cc1. The Kier molecular flexibility index (Phi) is 7.58. The molecule has 0 aromatic heterocycles. The number of rotatable bonds is 6. The third kappa shape index (κ3) is 6.57. The zero-order valence-corrected chi connectivity index (χ0v) is 21.0. The number of carbonyl (C=O) groups is 1. The van der Waals surface area contributed by atoms with Crippen molar-refractivity contribution in [3.8, 4) is 16.9 Å². The Labute approximate surface area is 217 Å². The molecule has 3 aromatic carbocycles. The second kappa shape index (κ2) is 10.6. The summed E-state index contributed by atoms with van der Waals surface area (Å²) in [4.78, 5) is 17.6. The van der Waals surface area contributed by atoms with Crippen molar-refractivity contribution >= 4 is 11.7 Å². The summed E-state index contributed by atoms with van der Waals surface area (Å²) in [6.45, 7) is 5.93. The van der Waals surface area contributed by atoms with E-state index in [4.69, 9.17) is 4.74 Å². The Morgan fingerprint density at radius 3 is 1.97 bits per heavy atom. The molecule has 1 aliphatic heterocycles. The summed E-state index contributed by atoms with van der Waals surface area (Å²) < 4.78 is 75.7. The quantitative estimate of drug-likeness (QED) is 0.242. The largest absolute Gasteiger partial charge is 0.573 e. The molecule has 0 amide bonds. The smallest absolute Gasteiger partial charge is 0.465 e. The number of alkyl halides is 3. The maximum absolute atomic E-state index is 14.5. The molecule has 4 nitrogen and oxygen atoms in total. The van der Waals surface area contributed by atoms with Crippen molar-refractivity contribution in [2.24, 2.45) is 16.3 Å². The minimum absolute atomic E-state index is 0.00785.